The molecule has 0 aliphatic heterocycles. The molecule has 0 fully saturated rings. The van der Waals surface area contributed by atoms with Crippen LogP contribution in [0.3, 0.4) is 0 Å². The van der Waals surface area contributed by atoms with Gasteiger partial charge in [0.05, 0.1) is 11.8 Å². The van der Waals surface area contributed by atoms with Gasteiger partial charge in [0.2, 0.25) is 0 Å². The Bertz CT molecular complexity index is 941. The molecule has 0 aliphatic rings. The summed E-state index contributed by atoms with van der Waals surface area (Å²) in [5.74, 6) is -0.322. The van der Waals surface area contributed by atoms with E-state index in [9.17, 15) is 9.59 Å². The zero-order chi connectivity index (χ0) is 18.4. The molecule has 0 radical (unpaired) electrons. The van der Waals surface area contributed by atoms with Gasteiger partial charge in [-0.2, -0.15) is 5.10 Å². The Balaban J connectivity index is 1.56. The normalized spacial score (nSPS) is 10.7. The third-order valence-electron chi connectivity index (χ3n) is 3.16. The van der Waals surface area contributed by atoms with E-state index in [0.29, 0.717) is 20.7 Å². The van der Waals surface area contributed by atoms with Gasteiger partial charge in [0, 0.05) is 16.9 Å². The van der Waals surface area contributed by atoms with Crippen LogP contribution in [0.1, 0.15) is 25.6 Å². The molecule has 0 saturated heterocycles. The van der Waals surface area contributed by atoms with Gasteiger partial charge in [-0.15, -0.1) is 11.3 Å². The molecule has 3 rings (SSSR count). The van der Waals surface area contributed by atoms with E-state index < -0.39 is 5.97 Å². The summed E-state index contributed by atoms with van der Waals surface area (Å²) in [6.07, 6.45) is 4.54. The molecule has 0 aliphatic carbocycles. The van der Waals surface area contributed by atoms with E-state index in [2.05, 4.69) is 31.4 Å². The number of carbonyl (C=O) groups excluding carboxylic acids is 2. The van der Waals surface area contributed by atoms with Gasteiger partial charge in [0.25, 0.3) is 5.91 Å². The maximum atomic E-state index is 11.9. The highest BCUT2D eigenvalue weighted by Crippen LogP contribution is 2.16. The van der Waals surface area contributed by atoms with Crippen LogP contribution >= 0.6 is 27.3 Å². The van der Waals surface area contributed by atoms with Gasteiger partial charge in [-0.25, -0.2) is 10.2 Å². The van der Waals surface area contributed by atoms with Crippen molar-refractivity contribution in [2.75, 3.05) is 0 Å². The third-order valence-corrected chi connectivity index (χ3v) is 4.44. The molecule has 3 aromatic rings. The highest BCUT2D eigenvalue weighted by atomic mass is 79.9. The number of hydrogen-bond donors (Lipinski definition) is 1. The smallest absolute Gasteiger partial charge is 0.353 e. The second-order valence-corrected chi connectivity index (χ2v) is 6.89. The average molecular weight is 430 g/mol. The highest BCUT2D eigenvalue weighted by molar-refractivity contribution is 9.10. The average Bonchev–Trinajstić information content (AvgIpc) is 3.18. The molecule has 8 heteroatoms. The largest absolute Gasteiger partial charge is 0.422 e. The lowest BCUT2D eigenvalue weighted by atomic mass is 10.2. The van der Waals surface area contributed by atoms with Gasteiger partial charge in [-0.3, -0.25) is 9.78 Å². The summed E-state index contributed by atoms with van der Waals surface area (Å²) < 4.78 is 5.98. The molecular weight excluding hydrogens is 418 g/mol. The summed E-state index contributed by atoms with van der Waals surface area (Å²) in [5, 5.41) is 5.72. The van der Waals surface area contributed by atoms with Crippen LogP contribution in [0.5, 0.6) is 5.75 Å². The molecule has 6 nitrogen and oxygen atoms in total. The first-order chi connectivity index (χ1) is 12.6. The number of hydrazone groups is 1. The number of pyridine rings is 1. The summed E-state index contributed by atoms with van der Waals surface area (Å²) in [6, 6.07) is 11.9. The molecule has 1 aromatic carbocycles. The van der Waals surface area contributed by atoms with Crippen molar-refractivity contribution in [3.8, 4) is 5.75 Å². The van der Waals surface area contributed by atoms with Crippen molar-refractivity contribution in [3.05, 3.63) is 80.7 Å². The van der Waals surface area contributed by atoms with Crippen LogP contribution in [-0.2, 0) is 0 Å². The summed E-state index contributed by atoms with van der Waals surface area (Å²) in [5.41, 5.74) is 3.57. The zero-order valence-corrected chi connectivity index (χ0v) is 15.7. The number of esters is 1. The van der Waals surface area contributed by atoms with E-state index >= 15 is 0 Å². The van der Waals surface area contributed by atoms with E-state index in [1.807, 2.05) is 5.38 Å². The molecule has 0 bridgehead atoms. The molecule has 0 saturated carbocycles. The minimum Gasteiger partial charge on any atom is -0.422 e. The molecular formula is C18H12BrN3O3S. The quantitative estimate of drug-likeness (QED) is 0.288. The summed E-state index contributed by atoms with van der Waals surface area (Å²) in [4.78, 5) is 28.3. The molecule has 0 unspecified atom stereocenters. The summed E-state index contributed by atoms with van der Waals surface area (Å²) >= 11 is 4.58. The first-order valence-electron chi connectivity index (χ1n) is 7.41. The first kappa shape index (κ1) is 18.0. The third kappa shape index (κ3) is 4.84. The Hall–Kier alpha value is -2.84. The van der Waals surface area contributed by atoms with Crippen molar-refractivity contribution in [1.82, 2.24) is 10.4 Å². The SMILES string of the molecule is O=C(N/N=C\c1ccc(OC(=O)c2cccs2)cc1)c1cncc(Br)c1. The van der Waals surface area contributed by atoms with Crippen molar-refractivity contribution < 1.29 is 14.3 Å². The van der Waals surface area contributed by atoms with Gasteiger partial charge in [-0.1, -0.05) is 6.07 Å². The first-order valence-corrected chi connectivity index (χ1v) is 9.09. The fourth-order valence-electron chi connectivity index (χ4n) is 1.94. The van der Waals surface area contributed by atoms with E-state index in [1.54, 1.807) is 48.7 Å². The lowest BCUT2D eigenvalue weighted by Gasteiger charge is -2.03. The van der Waals surface area contributed by atoms with Crippen LogP contribution in [0.4, 0.5) is 0 Å². The number of ether oxygens (including phenoxy) is 1. The van der Waals surface area contributed by atoms with Gasteiger partial charge >= 0.3 is 5.97 Å². The number of hydrogen-bond acceptors (Lipinski definition) is 6. The van der Waals surface area contributed by atoms with Crippen LogP contribution < -0.4 is 10.2 Å². The Kier molecular flexibility index (Phi) is 5.88. The van der Waals surface area contributed by atoms with Gasteiger partial charge in [-0.05, 0) is 63.3 Å². The monoisotopic (exact) mass is 429 g/mol. The Morgan fingerprint density at radius 3 is 2.69 bits per heavy atom. The van der Waals surface area contributed by atoms with Crippen LogP contribution in [0.25, 0.3) is 0 Å². The number of aromatic nitrogens is 1. The molecule has 26 heavy (non-hydrogen) atoms. The fourth-order valence-corrected chi connectivity index (χ4v) is 2.90. The van der Waals surface area contributed by atoms with E-state index in [4.69, 9.17) is 4.74 Å². The number of rotatable bonds is 5. The molecule has 2 aromatic heterocycles. The van der Waals surface area contributed by atoms with Crippen molar-refractivity contribution in [2.24, 2.45) is 5.10 Å². The predicted molar refractivity (Wildman–Crippen MR) is 103 cm³/mol. The topological polar surface area (TPSA) is 80.6 Å². The molecule has 1 N–H and O–H groups in total. The minimum atomic E-state index is -0.392. The van der Waals surface area contributed by atoms with Crippen molar-refractivity contribution in [3.63, 3.8) is 0 Å². The van der Waals surface area contributed by atoms with Crippen molar-refractivity contribution >= 4 is 45.4 Å². The fraction of sp³-hybridized carbons (Fsp3) is 0. The molecule has 1 amide bonds. The second kappa shape index (κ2) is 8.50. The summed E-state index contributed by atoms with van der Waals surface area (Å²) in [7, 11) is 0. The Labute approximate surface area is 161 Å². The number of nitrogens with zero attached hydrogens (tertiary/aromatic N) is 2. The van der Waals surface area contributed by atoms with Crippen molar-refractivity contribution in [1.29, 1.82) is 0 Å². The van der Waals surface area contributed by atoms with E-state index in [-0.39, 0.29) is 5.91 Å². The number of carbonyl (C=O) groups is 2. The van der Waals surface area contributed by atoms with Crippen LogP contribution in [0, 0.1) is 0 Å². The molecule has 2 heterocycles. The number of amides is 1. The number of halogens is 1. The maximum absolute atomic E-state index is 11.9. The van der Waals surface area contributed by atoms with Gasteiger partial charge < -0.3 is 4.74 Å². The van der Waals surface area contributed by atoms with E-state index in [0.717, 1.165) is 5.56 Å². The number of nitrogens with one attached hydrogen (secondary N) is 1. The van der Waals surface area contributed by atoms with Crippen LogP contribution in [0.15, 0.2) is 69.8 Å². The van der Waals surface area contributed by atoms with E-state index in [1.165, 1.54) is 23.7 Å². The predicted octanol–water partition coefficient (Wildman–Crippen LogP) is 3.89. The van der Waals surface area contributed by atoms with Gasteiger partial charge in [0.1, 0.15) is 10.6 Å². The molecule has 130 valence electrons. The zero-order valence-electron chi connectivity index (χ0n) is 13.3. The highest BCUT2D eigenvalue weighted by Gasteiger charge is 2.09. The van der Waals surface area contributed by atoms with Gasteiger partial charge in [0.15, 0.2) is 0 Å². The number of thiophene rings is 1. The number of benzene rings is 1. The summed E-state index contributed by atoms with van der Waals surface area (Å²) in [6.45, 7) is 0. The van der Waals surface area contributed by atoms with Crippen LogP contribution in [-0.4, -0.2) is 23.1 Å². The maximum Gasteiger partial charge on any atom is 0.353 e. The second-order valence-electron chi connectivity index (χ2n) is 5.03. The Morgan fingerprint density at radius 1 is 1.19 bits per heavy atom. The molecule has 0 spiro atoms. The Morgan fingerprint density at radius 2 is 2.00 bits per heavy atom. The lowest BCUT2D eigenvalue weighted by Crippen LogP contribution is -2.17. The molecule has 0 atom stereocenters. The lowest BCUT2D eigenvalue weighted by molar-refractivity contribution is 0.0739. The minimum absolute atomic E-state index is 0.364. The standard InChI is InChI=1S/C18H12BrN3O3S/c19-14-8-13(10-20-11-14)17(23)22-21-9-12-3-5-15(6-4-12)25-18(24)16-2-1-7-26-16/h1-11H,(H,22,23)/b21-9-. The van der Waals surface area contributed by atoms with Crippen molar-refractivity contribution in [2.45, 2.75) is 0 Å². The van der Waals surface area contributed by atoms with Crippen LogP contribution in [0.2, 0.25) is 0 Å².